The zero-order valence-electron chi connectivity index (χ0n) is 16.3. The van der Waals surface area contributed by atoms with E-state index in [2.05, 4.69) is 10.3 Å². The zero-order valence-corrected chi connectivity index (χ0v) is 16.3. The fraction of sp³-hybridized carbons (Fsp3) is 0.667. The van der Waals surface area contributed by atoms with Gasteiger partial charge in [-0.15, -0.1) is 0 Å². The average Bonchev–Trinajstić information content (AvgIpc) is 2.86. The molecule has 1 aliphatic rings. The Morgan fingerprint density at radius 2 is 2.00 bits per heavy atom. The Bertz CT molecular complexity index is 703. The number of nitrogens with one attached hydrogen (secondary N) is 1. The average molecular weight is 406 g/mol. The van der Waals surface area contributed by atoms with Crippen LogP contribution in [0.15, 0.2) is 12.1 Å². The van der Waals surface area contributed by atoms with E-state index in [1.807, 2.05) is 0 Å². The van der Waals surface area contributed by atoms with Gasteiger partial charge in [0, 0.05) is 19.1 Å². The van der Waals surface area contributed by atoms with E-state index in [0.717, 1.165) is 6.07 Å². The molecule has 10 heteroatoms. The van der Waals surface area contributed by atoms with Gasteiger partial charge in [0.05, 0.1) is 18.2 Å². The first-order valence-corrected chi connectivity index (χ1v) is 8.77. The quantitative estimate of drug-likeness (QED) is 0.781. The van der Waals surface area contributed by atoms with Crippen LogP contribution in [0.4, 0.5) is 18.0 Å². The number of ether oxygens (including phenoxy) is 3. The van der Waals surface area contributed by atoms with Crippen LogP contribution in [0.1, 0.15) is 51.4 Å². The summed E-state index contributed by atoms with van der Waals surface area (Å²) in [6, 6.07) is 1.24. The summed E-state index contributed by atoms with van der Waals surface area (Å²) in [6.45, 7) is 6.59. The van der Waals surface area contributed by atoms with E-state index >= 15 is 0 Å². The number of alkyl halides is 3. The number of aromatic nitrogens is 1. The van der Waals surface area contributed by atoms with Gasteiger partial charge in [-0.3, -0.25) is 0 Å². The lowest BCUT2D eigenvalue weighted by Gasteiger charge is -2.27. The highest BCUT2D eigenvalue weighted by atomic mass is 19.4. The molecule has 2 N–H and O–H groups in total. The van der Waals surface area contributed by atoms with Gasteiger partial charge >= 0.3 is 12.3 Å². The lowest BCUT2D eigenvalue weighted by molar-refractivity contribution is -0.141. The number of aliphatic hydroxyl groups is 1. The summed E-state index contributed by atoms with van der Waals surface area (Å²) in [5, 5.41) is 12.4. The molecule has 0 radical (unpaired) electrons. The highest BCUT2D eigenvalue weighted by molar-refractivity contribution is 5.69. The number of carbonyl (C=O) groups is 1. The van der Waals surface area contributed by atoms with Crippen LogP contribution in [0.25, 0.3) is 0 Å². The van der Waals surface area contributed by atoms with E-state index < -0.39 is 47.9 Å². The van der Waals surface area contributed by atoms with Gasteiger partial charge in [0.15, 0.2) is 0 Å². The van der Waals surface area contributed by atoms with Crippen molar-refractivity contribution >= 4 is 6.09 Å². The van der Waals surface area contributed by atoms with Gasteiger partial charge in [0.25, 0.3) is 0 Å². The molecule has 0 bridgehead atoms. The van der Waals surface area contributed by atoms with Crippen LogP contribution in [-0.2, 0) is 15.7 Å². The molecule has 0 aliphatic carbocycles. The van der Waals surface area contributed by atoms with Crippen molar-refractivity contribution in [2.45, 2.75) is 70.2 Å². The summed E-state index contributed by atoms with van der Waals surface area (Å²) < 4.78 is 54.9. The smallest absolute Gasteiger partial charge is 0.433 e. The number of hydrogen-bond acceptors (Lipinski definition) is 6. The summed E-state index contributed by atoms with van der Waals surface area (Å²) in [5.41, 5.74) is -1.55. The predicted molar refractivity (Wildman–Crippen MR) is 92.9 cm³/mol. The number of carbonyl (C=O) groups excluding carboxylic acids is 1. The fourth-order valence-corrected chi connectivity index (χ4v) is 2.86. The van der Waals surface area contributed by atoms with Crippen molar-refractivity contribution in [2.24, 2.45) is 0 Å². The van der Waals surface area contributed by atoms with Gasteiger partial charge < -0.3 is 24.6 Å². The van der Waals surface area contributed by atoms with E-state index in [1.54, 1.807) is 20.8 Å². The second-order valence-corrected chi connectivity index (χ2v) is 7.62. The molecule has 158 valence electrons. The normalized spacial score (nSPS) is 21.5. The Morgan fingerprint density at radius 3 is 2.50 bits per heavy atom. The van der Waals surface area contributed by atoms with Crippen LogP contribution < -0.4 is 10.1 Å². The molecule has 28 heavy (non-hydrogen) atoms. The van der Waals surface area contributed by atoms with Gasteiger partial charge in [0.1, 0.15) is 17.4 Å². The van der Waals surface area contributed by atoms with Crippen molar-refractivity contribution in [3.63, 3.8) is 0 Å². The van der Waals surface area contributed by atoms with E-state index in [4.69, 9.17) is 14.2 Å². The molecular weight excluding hydrogens is 381 g/mol. The number of nitrogens with zero attached hydrogens (tertiary/aromatic N) is 1. The summed E-state index contributed by atoms with van der Waals surface area (Å²) in [5.74, 6) is -0.221. The van der Waals surface area contributed by atoms with Crippen molar-refractivity contribution in [3.05, 3.63) is 23.4 Å². The molecular formula is C18H25F3N2O5. The minimum atomic E-state index is -4.63. The summed E-state index contributed by atoms with van der Waals surface area (Å²) >= 11 is 0. The van der Waals surface area contributed by atoms with Crippen LogP contribution in [-0.4, -0.2) is 47.2 Å². The van der Waals surface area contributed by atoms with Gasteiger partial charge in [-0.25, -0.2) is 9.78 Å². The Morgan fingerprint density at radius 1 is 1.36 bits per heavy atom. The predicted octanol–water partition coefficient (Wildman–Crippen LogP) is 3.21. The third-order valence-corrected chi connectivity index (χ3v) is 4.13. The van der Waals surface area contributed by atoms with Gasteiger partial charge in [-0.05, 0) is 39.8 Å². The van der Waals surface area contributed by atoms with E-state index in [-0.39, 0.29) is 12.3 Å². The Labute approximate surface area is 161 Å². The molecule has 2 rings (SSSR count). The molecule has 0 saturated heterocycles. The second-order valence-electron chi connectivity index (χ2n) is 7.62. The molecule has 1 amide bonds. The molecule has 1 aromatic heterocycles. The molecule has 1 aliphatic heterocycles. The lowest BCUT2D eigenvalue weighted by Crippen LogP contribution is -2.41. The van der Waals surface area contributed by atoms with Crippen molar-refractivity contribution in [2.75, 3.05) is 7.11 Å². The van der Waals surface area contributed by atoms with Gasteiger partial charge in [-0.2, -0.15) is 13.2 Å². The minimum absolute atomic E-state index is 0.117. The molecule has 7 nitrogen and oxygen atoms in total. The van der Waals surface area contributed by atoms with Crippen LogP contribution >= 0.6 is 0 Å². The first kappa shape index (κ1) is 22.2. The third-order valence-electron chi connectivity index (χ3n) is 4.13. The summed E-state index contributed by atoms with van der Waals surface area (Å²) in [7, 11) is 1.40. The number of methoxy groups -OCH3 is 1. The minimum Gasteiger partial charge on any atom is -0.471 e. The van der Waals surface area contributed by atoms with Gasteiger partial charge in [-0.1, -0.05) is 0 Å². The number of alkyl carbamates (subject to hydrolysis) is 1. The van der Waals surface area contributed by atoms with Crippen LogP contribution in [0, 0.1) is 0 Å². The molecule has 1 aromatic rings. The Balaban J connectivity index is 2.31. The fourth-order valence-electron chi connectivity index (χ4n) is 2.86. The maximum absolute atomic E-state index is 13.0. The lowest BCUT2D eigenvalue weighted by atomic mass is 9.98. The molecule has 2 heterocycles. The monoisotopic (exact) mass is 406 g/mol. The van der Waals surface area contributed by atoms with Crippen LogP contribution in [0.3, 0.4) is 0 Å². The number of aliphatic hydroxyl groups excluding tert-OH is 1. The number of hydrogen-bond donors (Lipinski definition) is 2. The maximum atomic E-state index is 13.0. The maximum Gasteiger partial charge on any atom is 0.433 e. The Kier molecular flexibility index (Phi) is 6.44. The SMILES string of the molecule is CO[C@@H](C[C@@H]1Oc2nc(C(F)(F)F)ccc2[C@@H]1NC(=O)OC(C)(C)C)[C@H](C)O. The summed E-state index contributed by atoms with van der Waals surface area (Å²) in [4.78, 5) is 15.8. The molecule has 0 aromatic carbocycles. The molecule has 0 fully saturated rings. The highest BCUT2D eigenvalue weighted by Crippen LogP contribution is 2.40. The number of halogens is 3. The molecule has 0 unspecified atom stereocenters. The van der Waals surface area contributed by atoms with Crippen molar-refractivity contribution in [1.29, 1.82) is 0 Å². The summed E-state index contributed by atoms with van der Waals surface area (Å²) in [6.07, 6.45) is -7.54. The first-order valence-electron chi connectivity index (χ1n) is 8.77. The van der Waals surface area contributed by atoms with Gasteiger partial charge in [0.2, 0.25) is 5.88 Å². The van der Waals surface area contributed by atoms with E-state index in [9.17, 15) is 23.1 Å². The number of amides is 1. The number of rotatable bonds is 5. The topological polar surface area (TPSA) is 89.9 Å². The number of fused-ring (bicyclic) bond motifs is 1. The standard InChI is InChI=1S/C18H25F3N2O5/c1-9(24)11(26-5)8-12-14(23-16(25)28-17(2,3)4)10-6-7-13(18(19,20)21)22-15(10)27-12/h6-7,9,11-12,14,24H,8H2,1-5H3,(H,23,25)/t9-,11-,12-,14-/m0/s1. The van der Waals surface area contributed by atoms with E-state index in [1.165, 1.54) is 20.1 Å². The molecule has 0 saturated carbocycles. The second kappa shape index (κ2) is 8.12. The Hall–Kier alpha value is -2.07. The molecule has 0 spiro atoms. The van der Waals surface area contributed by atoms with E-state index in [0.29, 0.717) is 5.56 Å². The zero-order chi connectivity index (χ0) is 21.3. The number of pyridine rings is 1. The van der Waals surface area contributed by atoms with Crippen molar-refractivity contribution in [3.8, 4) is 5.88 Å². The largest absolute Gasteiger partial charge is 0.471 e. The van der Waals surface area contributed by atoms with Crippen LogP contribution in [0.2, 0.25) is 0 Å². The highest BCUT2D eigenvalue weighted by Gasteiger charge is 2.42. The molecule has 4 atom stereocenters. The van der Waals surface area contributed by atoms with Crippen molar-refractivity contribution in [1.82, 2.24) is 10.3 Å². The van der Waals surface area contributed by atoms with Crippen LogP contribution in [0.5, 0.6) is 5.88 Å². The first-order chi connectivity index (χ1) is 12.8. The van der Waals surface area contributed by atoms with Crippen molar-refractivity contribution < 1.29 is 37.3 Å². The third kappa shape index (κ3) is 5.48.